The van der Waals surface area contributed by atoms with Crippen LogP contribution in [-0.4, -0.2) is 52.5 Å². The maximum atomic E-state index is 12.9. The molecule has 2 aliphatic heterocycles. The Morgan fingerprint density at radius 3 is 2.53 bits per heavy atom. The fourth-order valence-electron chi connectivity index (χ4n) is 5.01. The van der Waals surface area contributed by atoms with Crippen LogP contribution in [0.5, 0.6) is 5.75 Å². The van der Waals surface area contributed by atoms with E-state index in [1.807, 2.05) is 23.4 Å². The number of ether oxygens (including phenoxy) is 1. The second-order valence-electron chi connectivity index (χ2n) is 8.63. The van der Waals surface area contributed by atoms with Crippen molar-refractivity contribution < 1.29 is 9.53 Å². The monoisotopic (exact) mass is 407 g/mol. The van der Waals surface area contributed by atoms with Crippen LogP contribution in [0.2, 0.25) is 0 Å². The van der Waals surface area contributed by atoms with Crippen molar-refractivity contribution in [2.45, 2.75) is 57.6 Å². The Kier molecular flexibility index (Phi) is 6.38. The number of pyridine rings is 1. The molecule has 0 saturated carbocycles. The van der Waals surface area contributed by atoms with E-state index < -0.39 is 0 Å². The molecular formula is C25H33N3O2. The van der Waals surface area contributed by atoms with E-state index in [4.69, 9.17) is 4.74 Å². The molecule has 1 spiro atoms. The average Bonchev–Trinajstić information content (AvgIpc) is 2.77. The summed E-state index contributed by atoms with van der Waals surface area (Å²) in [6.07, 6.45) is 7.23. The van der Waals surface area contributed by atoms with Gasteiger partial charge < -0.3 is 9.64 Å². The van der Waals surface area contributed by atoms with Crippen LogP contribution < -0.4 is 4.74 Å². The minimum Gasteiger partial charge on any atom is -0.487 e. The lowest BCUT2D eigenvalue weighted by Crippen LogP contribution is -2.50. The molecule has 1 saturated heterocycles. The summed E-state index contributed by atoms with van der Waals surface area (Å²) in [5, 5.41) is 0. The second kappa shape index (κ2) is 9.17. The summed E-state index contributed by atoms with van der Waals surface area (Å²) in [5.74, 6) is 1.46. The van der Waals surface area contributed by atoms with Crippen LogP contribution in [0.15, 0.2) is 48.8 Å². The summed E-state index contributed by atoms with van der Waals surface area (Å²) >= 11 is 0. The van der Waals surface area contributed by atoms with E-state index in [2.05, 4.69) is 54.1 Å². The van der Waals surface area contributed by atoms with Gasteiger partial charge in [-0.2, -0.15) is 0 Å². The predicted molar refractivity (Wildman–Crippen MR) is 118 cm³/mol. The minimum absolute atomic E-state index is 0.155. The first kappa shape index (κ1) is 20.9. The van der Waals surface area contributed by atoms with Crippen LogP contribution in [-0.2, 0) is 11.3 Å². The largest absolute Gasteiger partial charge is 0.487 e. The number of carbonyl (C=O) groups is 1. The molecule has 0 unspecified atom stereocenters. The van der Waals surface area contributed by atoms with Crippen molar-refractivity contribution in [1.29, 1.82) is 0 Å². The lowest BCUT2D eigenvalue weighted by atomic mass is 9.76. The van der Waals surface area contributed by atoms with Crippen LogP contribution >= 0.6 is 0 Å². The topological polar surface area (TPSA) is 45.7 Å². The first-order chi connectivity index (χ1) is 14.6. The predicted octanol–water partition coefficient (Wildman–Crippen LogP) is 4.24. The zero-order chi connectivity index (χ0) is 21.0. The van der Waals surface area contributed by atoms with Gasteiger partial charge in [-0.05, 0) is 62.4 Å². The molecule has 2 aliphatic rings. The molecule has 1 aromatic heterocycles. The lowest BCUT2D eigenvalue weighted by molar-refractivity contribution is -0.131. The Labute approximate surface area is 180 Å². The number of para-hydroxylation sites is 1. The summed E-state index contributed by atoms with van der Waals surface area (Å²) in [6.45, 7) is 8.64. The van der Waals surface area contributed by atoms with Gasteiger partial charge in [0.15, 0.2) is 0 Å². The molecule has 1 amide bonds. The molecule has 0 bridgehead atoms. The van der Waals surface area contributed by atoms with Crippen molar-refractivity contribution in [3.8, 4) is 5.75 Å². The minimum atomic E-state index is -0.155. The van der Waals surface area contributed by atoms with Crippen molar-refractivity contribution >= 4 is 5.91 Å². The van der Waals surface area contributed by atoms with Gasteiger partial charge in [0.2, 0.25) is 5.91 Å². The molecule has 1 aromatic carbocycles. The summed E-state index contributed by atoms with van der Waals surface area (Å²) in [5.41, 5.74) is 2.35. The molecule has 3 heterocycles. The summed E-state index contributed by atoms with van der Waals surface area (Å²) in [7, 11) is 0. The third kappa shape index (κ3) is 4.51. The maximum Gasteiger partial charge on any atom is 0.223 e. The number of benzene rings is 1. The third-order valence-electron chi connectivity index (χ3n) is 6.76. The Morgan fingerprint density at radius 1 is 1.13 bits per heavy atom. The normalized spacial score (nSPS) is 20.4. The second-order valence-corrected chi connectivity index (χ2v) is 8.63. The fourth-order valence-corrected chi connectivity index (χ4v) is 5.01. The number of carbonyl (C=O) groups excluding carboxylic acids is 1. The number of nitrogens with zero attached hydrogens (tertiary/aromatic N) is 3. The van der Waals surface area contributed by atoms with E-state index in [1.54, 1.807) is 0 Å². The lowest BCUT2D eigenvalue weighted by Gasteiger charge is -2.47. The van der Waals surface area contributed by atoms with Crippen LogP contribution in [0.4, 0.5) is 0 Å². The number of fused-ring (bicyclic) bond motifs is 1. The first-order valence-corrected chi connectivity index (χ1v) is 11.3. The number of aromatic nitrogens is 1. The molecule has 0 N–H and O–H groups in total. The van der Waals surface area contributed by atoms with Gasteiger partial charge in [-0.3, -0.25) is 14.7 Å². The van der Waals surface area contributed by atoms with E-state index in [0.717, 1.165) is 57.7 Å². The van der Waals surface area contributed by atoms with Crippen LogP contribution in [0, 0.1) is 0 Å². The van der Waals surface area contributed by atoms with Gasteiger partial charge in [0.05, 0.1) is 0 Å². The van der Waals surface area contributed by atoms with Gasteiger partial charge in [0, 0.05) is 57.5 Å². The molecule has 160 valence electrons. The molecule has 0 radical (unpaired) electrons. The molecule has 30 heavy (non-hydrogen) atoms. The zero-order valence-electron chi connectivity index (χ0n) is 18.2. The Bertz CT molecular complexity index is 842. The van der Waals surface area contributed by atoms with Crippen molar-refractivity contribution in [2.24, 2.45) is 0 Å². The number of amides is 1. The molecule has 1 atom stereocenters. The molecule has 0 aliphatic carbocycles. The van der Waals surface area contributed by atoms with Crippen molar-refractivity contribution in [2.75, 3.05) is 26.2 Å². The maximum absolute atomic E-state index is 12.9. The van der Waals surface area contributed by atoms with Crippen molar-refractivity contribution in [3.05, 3.63) is 59.9 Å². The number of hydrogen-bond donors (Lipinski definition) is 0. The van der Waals surface area contributed by atoms with Crippen LogP contribution in [0.3, 0.4) is 0 Å². The average molecular weight is 408 g/mol. The fraction of sp³-hybridized carbons (Fsp3) is 0.520. The van der Waals surface area contributed by atoms with Crippen LogP contribution in [0.1, 0.15) is 56.6 Å². The Morgan fingerprint density at radius 2 is 1.83 bits per heavy atom. The van der Waals surface area contributed by atoms with Gasteiger partial charge in [-0.1, -0.05) is 18.2 Å². The van der Waals surface area contributed by atoms with E-state index in [1.165, 1.54) is 11.1 Å². The Balaban J connectivity index is 1.47. The number of hydrogen-bond acceptors (Lipinski definition) is 4. The van der Waals surface area contributed by atoms with Crippen molar-refractivity contribution in [1.82, 2.24) is 14.8 Å². The van der Waals surface area contributed by atoms with Gasteiger partial charge in [0.25, 0.3) is 0 Å². The van der Waals surface area contributed by atoms with E-state index in [-0.39, 0.29) is 17.4 Å². The van der Waals surface area contributed by atoms with Gasteiger partial charge in [0.1, 0.15) is 11.4 Å². The molecule has 5 heteroatoms. The molecule has 1 fully saturated rings. The highest BCUT2D eigenvalue weighted by atomic mass is 16.5. The third-order valence-corrected chi connectivity index (χ3v) is 6.76. The standard InChI is InChI=1S/C25H33N3O2/c1-3-28(4-2)24(29)17-21-18-25(30-23-8-6-5-7-22(21)23)11-15-27(16-12-25)19-20-9-13-26-14-10-20/h5-10,13-14,21H,3-4,11-12,15-19H2,1-2H3/t21-/m1/s1. The number of likely N-dealkylation sites (tertiary alicyclic amines) is 1. The van der Waals surface area contributed by atoms with Gasteiger partial charge >= 0.3 is 0 Å². The molecule has 4 rings (SSSR count). The Hall–Kier alpha value is -2.40. The summed E-state index contributed by atoms with van der Waals surface area (Å²) in [4.78, 5) is 21.4. The highest BCUT2D eigenvalue weighted by Crippen LogP contribution is 2.46. The summed E-state index contributed by atoms with van der Waals surface area (Å²) < 4.78 is 6.62. The summed E-state index contributed by atoms with van der Waals surface area (Å²) in [6, 6.07) is 12.5. The number of piperidine rings is 1. The first-order valence-electron chi connectivity index (χ1n) is 11.3. The quantitative estimate of drug-likeness (QED) is 0.718. The van der Waals surface area contributed by atoms with E-state index in [0.29, 0.717) is 6.42 Å². The van der Waals surface area contributed by atoms with Gasteiger partial charge in [-0.25, -0.2) is 0 Å². The van der Waals surface area contributed by atoms with Crippen molar-refractivity contribution in [3.63, 3.8) is 0 Å². The number of rotatable bonds is 6. The van der Waals surface area contributed by atoms with E-state index in [9.17, 15) is 4.79 Å². The van der Waals surface area contributed by atoms with Crippen LogP contribution in [0.25, 0.3) is 0 Å². The molecule has 5 nitrogen and oxygen atoms in total. The van der Waals surface area contributed by atoms with E-state index >= 15 is 0 Å². The highest BCUT2D eigenvalue weighted by Gasteiger charge is 2.43. The van der Waals surface area contributed by atoms with Gasteiger partial charge in [-0.15, -0.1) is 0 Å². The molecular weight excluding hydrogens is 374 g/mol. The zero-order valence-corrected chi connectivity index (χ0v) is 18.2. The molecule has 2 aromatic rings. The SMILES string of the molecule is CCN(CC)C(=O)C[C@@H]1CC2(CCN(Cc3ccncc3)CC2)Oc2ccccc21. The smallest absolute Gasteiger partial charge is 0.223 e. The highest BCUT2D eigenvalue weighted by molar-refractivity contribution is 5.77.